The number of thiazole rings is 1. The van der Waals surface area contributed by atoms with Gasteiger partial charge in [0.15, 0.2) is 0 Å². The summed E-state index contributed by atoms with van der Waals surface area (Å²) in [4.78, 5) is 14.4. The summed E-state index contributed by atoms with van der Waals surface area (Å²) in [6.45, 7) is 7.53. The van der Waals surface area contributed by atoms with Crippen LogP contribution in [-0.2, 0) is 6.54 Å². The normalized spacial score (nSPS) is 14.2. The number of rotatable bonds is 6. The second-order valence-corrected chi connectivity index (χ2v) is 6.82. The van der Waals surface area contributed by atoms with Gasteiger partial charge in [0.25, 0.3) is 0 Å². The van der Waals surface area contributed by atoms with Crippen LogP contribution in [0.1, 0.15) is 34.0 Å². The second kappa shape index (κ2) is 5.97. The highest BCUT2D eigenvalue weighted by Gasteiger charge is 2.22. The van der Waals surface area contributed by atoms with Gasteiger partial charge in [-0.3, -0.25) is 0 Å². The van der Waals surface area contributed by atoms with Crippen molar-refractivity contribution >= 4 is 17.2 Å². The molecule has 0 spiro atoms. The van der Waals surface area contributed by atoms with Gasteiger partial charge in [0, 0.05) is 16.6 Å². The van der Waals surface area contributed by atoms with E-state index in [0.29, 0.717) is 11.9 Å². The third-order valence-electron chi connectivity index (χ3n) is 3.51. The smallest absolute Gasteiger partial charge is 0.318 e. The van der Waals surface area contributed by atoms with Crippen LogP contribution >= 0.6 is 11.3 Å². The average Bonchev–Trinajstić information content (AvgIpc) is 3.22. The molecule has 2 aromatic heterocycles. The van der Waals surface area contributed by atoms with Gasteiger partial charge in [-0.1, -0.05) is 0 Å². The second-order valence-electron chi connectivity index (χ2n) is 5.53. The molecule has 0 aromatic carbocycles. The Kier molecular flexibility index (Phi) is 4.05. The number of ether oxygens (including phenoxy) is 1. The molecule has 6 heteroatoms. The Labute approximate surface area is 128 Å². The molecular weight excluding hydrogens is 284 g/mol. The molecule has 1 aliphatic rings. The van der Waals surface area contributed by atoms with E-state index < -0.39 is 0 Å². The Morgan fingerprint density at radius 1 is 1.29 bits per heavy atom. The van der Waals surface area contributed by atoms with E-state index in [0.717, 1.165) is 35.2 Å². The molecule has 0 saturated heterocycles. The number of hydrogen-bond donors (Lipinski definition) is 1. The van der Waals surface area contributed by atoms with E-state index in [2.05, 4.69) is 20.3 Å². The van der Waals surface area contributed by atoms with E-state index in [1.54, 1.807) is 11.3 Å². The van der Waals surface area contributed by atoms with Gasteiger partial charge in [-0.15, -0.1) is 11.3 Å². The minimum atomic E-state index is 0.465. The molecule has 0 amide bonds. The molecule has 112 valence electrons. The highest BCUT2D eigenvalue weighted by molar-refractivity contribution is 7.11. The summed E-state index contributed by atoms with van der Waals surface area (Å²) >= 11 is 1.72. The summed E-state index contributed by atoms with van der Waals surface area (Å²) < 4.78 is 5.63. The van der Waals surface area contributed by atoms with E-state index in [4.69, 9.17) is 4.74 Å². The Hall–Kier alpha value is -1.69. The molecule has 21 heavy (non-hydrogen) atoms. The van der Waals surface area contributed by atoms with Crippen molar-refractivity contribution in [2.75, 3.05) is 11.9 Å². The van der Waals surface area contributed by atoms with Crippen molar-refractivity contribution in [3.05, 3.63) is 27.3 Å². The van der Waals surface area contributed by atoms with Gasteiger partial charge in [-0.2, -0.15) is 4.98 Å². The van der Waals surface area contributed by atoms with Crippen LogP contribution in [-0.4, -0.2) is 21.6 Å². The zero-order valence-corrected chi connectivity index (χ0v) is 13.5. The van der Waals surface area contributed by atoms with E-state index in [1.807, 2.05) is 27.0 Å². The first-order valence-electron chi connectivity index (χ1n) is 7.25. The van der Waals surface area contributed by atoms with Crippen LogP contribution in [0.25, 0.3) is 0 Å². The molecular formula is C15H20N4OS. The number of nitrogens with zero attached hydrogens (tertiary/aromatic N) is 3. The number of hydrogen-bond acceptors (Lipinski definition) is 6. The van der Waals surface area contributed by atoms with Gasteiger partial charge in [-0.05, 0) is 39.5 Å². The van der Waals surface area contributed by atoms with Gasteiger partial charge < -0.3 is 10.1 Å². The van der Waals surface area contributed by atoms with Crippen LogP contribution in [0.4, 0.5) is 5.82 Å². The molecule has 5 nitrogen and oxygen atoms in total. The summed E-state index contributed by atoms with van der Waals surface area (Å²) in [5.41, 5.74) is 2.11. The Bertz CT molecular complexity index is 637. The molecule has 0 atom stereocenters. The lowest BCUT2D eigenvalue weighted by Crippen LogP contribution is -2.07. The summed E-state index contributed by atoms with van der Waals surface area (Å²) in [6.07, 6.45) is 4.34. The largest absolute Gasteiger partial charge is 0.463 e. The van der Waals surface area contributed by atoms with E-state index in [1.165, 1.54) is 17.7 Å². The van der Waals surface area contributed by atoms with E-state index in [-0.39, 0.29) is 0 Å². The quantitative estimate of drug-likeness (QED) is 0.887. The third-order valence-corrected chi connectivity index (χ3v) is 4.58. The molecule has 3 rings (SSSR count). The third kappa shape index (κ3) is 3.69. The highest BCUT2D eigenvalue weighted by atomic mass is 32.1. The van der Waals surface area contributed by atoms with Crippen LogP contribution in [0.2, 0.25) is 0 Å². The fraction of sp³-hybridized carbons (Fsp3) is 0.533. The van der Waals surface area contributed by atoms with Gasteiger partial charge in [0.2, 0.25) is 0 Å². The van der Waals surface area contributed by atoms with Gasteiger partial charge >= 0.3 is 6.01 Å². The van der Waals surface area contributed by atoms with Crippen molar-refractivity contribution in [2.45, 2.75) is 40.2 Å². The summed E-state index contributed by atoms with van der Waals surface area (Å²) in [5, 5.41) is 4.46. The Morgan fingerprint density at radius 3 is 2.76 bits per heavy atom. The van der Waals surface area contributed by atoms with E-state index in [9.17, 15) is 0 Å². The number of anilines is 1. The first-order chi connectivity index (χ1) is 10.1. The fourth-order valence-electron chi connectivity index (χ4n) is 2.05. The molecule has 0 radical (unpaired) electrons. The molecule has 0 bridgehead atoms. The van der Waals surface area contributed by atoms with Crippen molar-refractivity contribution in [3.63, 3.8) is 0 Å². The summed E-state index contributed by atoms with van der Waals surface area (Å²) in [7, 11) is 0. The van der Waals surface area contributed by atoms with Crippen molar-refractivity contribution in [1.82, 2.24) is 15.0 Å². The molecule has 0 unspecified atom stereocenters. The van der Waals surface area contributed by atoms with Crippen molar-refractivity contribution < 1.29 is 4.74 Å². The first-order valence-corrected chi connectivity index (χ1v) is 8.06. The molecule has 1 aliphatic carbocycles. The average molecular weight is 304 g/mol. The minimum Gasteiger partial charge on any atom is -0.463 e. The molecule has 1 fully saturated rings. The van der Waals surface area contributed by atoms with Crippen molar-refractivity contribution in [2.24, 2.45) is 5.92 Å². The van der Waals surface area contributed by atoms with Gasteiger partial charge in [0.1, 0.15) is 5.82 Å². The van der Waals surface area contributed by atoms with Crippen molar-refractivity contribution in [3.8, 4) is 6.01 Å². The maximum absolute atomic E-state index is 5.63. The zero-order chi connectivity index (χ0) is 14.8. The summed E-state index contributed by atoms with van der Waals surface area (Å²) in [6, 6.07) is 0.465. The minimum absolute atomic E-state index is 0.465. The predicted molar refractivity (Wildman–Crippen MR) is 83.9 cm³/mol. The molecule has 2 aromatic rings. The molecule has 0 aliphatic heterocycles. The molecule has 2 heterocycles. The maximum Gasteiger partial charge on any atom is 0.318 e. The fourth-order valence-corrected chi connectivity index (χ4v) is 2.93. The van der Waals surface area contributed by atoms with Crippen LogP contribution < -0.4 is 10.1 Å². The monoisotopic (exact) mass is 304 g/mol. The van der Waals surface area contributed by atoms with Crippen LogP contribution in [0.3, 0.4) is 0 Å². The van der Waals surface area contributed by atoms with Crippen LogP contribution in [0.15, 0.2) is 6.20 Å². The standard InChI is InChI=1S/C15H20N4OS/c1-9-6-17-15(20-8-12-4-5-12)19-14(9)16-7-13-10(2)18-11(3)21-13/h6,12H,4-5,7-8H2,1-3H3,(H,16,17,19). The number of aromatic nitrogens is 3. The summed E-state index contributed by atoms with van der Waals surface area (Å²) in [5.74, 6) is 1.54. The van der Waals surface area contributed by atoms with Gasteiger partial charge in [0.05, 0.1) is 23.9 Å². The lowest BCUT2D eigenvalue weighted by Gasteiger charge is -2.09. The topological polar surface area (TPSA) is 59.9 Å². The number of aryl methyl sites for hydroxylation is 3. The number of nitrogens with one attached hydrogen (secondary N) is 1. The van der Waals surface area contributed by atoms with E-state index >= 15 is 0 Å². The zero-order valence-electron chi connectivity index (χ0n) is 12.6. The van der Waals surface area contributed by atoms with Crippen LogP contribution in [0.5, 0.6) is 6.01 Å². The predicted octanol–water partition coefficient (Wildman–Crippen LogP) is 3.26. The Morgan fingerprint density at radius 2 is 2.10 bits per heavy atom. The lowest BCUT2D eigenvalue weighted by atomic mass is 10.3. The first kappa shape index (κ1) is 14.3. The Balaban J connectivity index is 1.65. The van der Waals surface area contributed by atoms with Crippen LogP contribution in [0, 0.1) is 26.7 Å². The van der Waals surface area contributed by atoms with Gasteiger partial charge in [-0.25, -0.2) is 9.97 Å². The maximum atomic E-state index is 5.63. The highest BCUT2D eigenvalue weighted by Crippen LogP contribution is 2.29. The molecule has 1 saturated carbocycles. The SMILES string of the molecule is Cc1nc(C)c(CNc2nc(OCC3CC3)ncc2C)s1. The lowest BCUT2D eigenvalue weighted by molar-refractivity contribution is 0.276. The van der Waals surface area contributed by atoms with Crippen molar-refractivity contribution in [1.29, 1.82) is 0 Å². The molecule has 1 N–H and O–H groups in total.